The Hall–Kier alpha value is -1.46. The van der Waals surface area contributed by atoms with Gasteiger partial charge in [-0.3, -0.25) is 9.78 Å². The number of amides is 1. The molecule has 5 heteroatoms. The van der Waals surface area contributed by atoms with Gasteiger partial charge < -0.3 is 10.4 Å². The fourth-order valence-corrected chi connectivity index (χ4v) is 3.78. The fourth-order valence-electron chi connectivity index (χ4n) is 3.43. The van der Waals surface area contributed by atoms with Gasteiger partial charge in [-0.2, -0.15) is 0 Å². The number of halogens is 1. The summed E-state index contributed by atoms with van der Waals surface area (Å²) in [7, 11) is 0. The molecule has 1 saturated carbocycles. The Bertz CT molecular complexity index is 747. The normalized spacial score (nSPS) is 21.7. The standard InChI is InChI=1S/C19H23BrN2O2/c1-19(2,24)14-4-7-16(8-5-14)22-18(23)13-9-12-3-6-15(20)10-17(12)21-11-13/h3,6,9-11,14,16,24H,4-5,7-8H2,1-2H3,(H,22,23). The first-order valence-electron chi connectivity index (χ1n) is 8.41. The molecule has 0 saturated heterocycles. The molecule has 1 heterocycles. The monoisotopic (exact) mass is 390 g/mol. The van der Waals surface area contributed by atoms with Crippen LogP contribution >= 0.6 is 15.9 Å². The molecule has 2 aromatic rings. The zero-order valence-corrected chi connectivity index (χ0v) is 15.6. The van der Waals surface area contributed by atoms with Gasteiger partial charge in [-0.05, 0) is 63.6 Å². The van der Waals surface area contributed by atoms with E-state index in [-0.39, 0.29) is 11.9 Å². The molecule has 128 valence electrons. The Morgan fingerprint density at radius 3 is 2.62 bits per heavy atom. The smallest absolute Gasteiger partial charge is 0.253 e. The van der Waals surface area contributed by atoms with Crippen LogP contribution in [0.15, 0.2) is 34.9 Å². The number of carbonyl (C=O) groups is 1. The number of carbonyl (C=O) groups excluding carboxylic acids is 1. The number of rotatable bonds is 3. The summed E-state index contributed by atoms with van der Waals surface area (Å²) in [6.07, 6.45) is 5.34. The van der Waals surface area contributed by atoms with Gasteiger partial charge in [0.05, 0.1) is 16.7 Å². The van der Waals surface area contributed by atoms with E-state index >= 15 is 0 Å². The molecule has 3 rings (SSSR count). The van der Waals surface area contributed by atoms with Crippen molar-refractivity contribution < 1.29 is 9.90 Å². The number of nitrogens with zero attached hydrogens (tertiary/aromatic N) is 1. The molecule has 0 unspecified atom stereocenters. The van der Waals surface area contributed by atoms with Gasteiger partial charge in [-0.25, -0.2) is 0 Å². The lowest BCUT2D eigenvalue weighted by Crippen LogP contribution is -2.41. The van der Waals surface area contributed by atoms with Crippen molar-refractivity contribution >= 4 is 32.7 Å². The van der Waals surface area contributed by atoms with Crippen molar-refractivity contribution in [1.82, 2.24) is 10.3 Å². The van der Waals surface area contributed by atoms with Gasteiger partial charge in [0, 0.05) is 22.1 Å². The highest BCUT2D eigenvalue weighted by Crippen LogP contribution is 2.32. The predicted molar refractivity (Wildman–Crippen MR) is 99.0 cm³/mol. The van der Waals surface area contributed by atoms with Crippen molar-refractivity contribution in [1.29, 1.82) is 0 Å². The van der Waals surface area contributed by atoms with Gasteiger partial charge in [0.15, 0.2) is 0 Å². The maximum Gasteiger partial charge on any atom is 0.253 e. The second-order valence-corrected chi connectivity index (χ2v) is 8.15. The molecule has 0 atom stereocenters. The minimum Gasteiger partial charge on any atom is -0.390 e. The first-order chi connectivity index (χ1) is 11.3. The lowest BCUT2D eigenvalue weighted by Gasteiger charge is -2.36. The summed E-state index contributed by atoms with van der Waals surface area (Å²) in [6.45, 7) is 3.74. The summed E-state index contributed by atoms with van der Waals surface area (Å²) in [6, 6.07) is 7.90. The van der Waals surface area contributed by atoms with Crippen LogP contribution < -0.4 is 5.32 Å². The van der Waals surface area contributed by atoms with Crippen LogP contribution in [0.4, 0.5) is 0 Å². The number of aliphatic hydroxyl groups is 1. The summed E-state index contributed by atoms with van der Waals surface area (Å²) in [5, 5.41) is 14.2. The topological polar surface area (TPSA) is 62.2 Å². The number of benzene rings is 1. The molecular weight excluding hydrogens is 368 g/mol. The van der Waals surface area contributed by atoms with E-state index in [1.165, 1.54) is 0 Å². The van der Waals surface area contributed by atoms with Crippen LogP contribution in [0.25, 0.3) is 10.9 Å². The molecule has 1 fully saturated rings. The molecule has 0 spiro atoms. The van der Waals surface area contributed by atoms with Gasteiger partial charge in [-0.1, -0.05) is 22.0 Å². The zero-order chi connectivity index (χ0) is 17.3. The number of hydrogen-bond donors (Lipinski definition) is 2. The number of hydrogen-bond acceptors (Lipinski definition) is 3. The number of nitrogens with one attached hydrogen (secondary N) is 1. The minimum atomic E-state index is -0.633. The van der Waals surface area contributed by atoms with Crippen LogP contribution in [-0.2, 0) is 0 Å². The van der Waals surface area contributed by atoms with E-state index in [2.05, 4.69) is 26.2 Å². The van der Waals surface area contributed by atoms with Crippen molar-refractivity contribution in [2.75, 3.05) is 0 Å². The molecular formula is C19H23BrN2O2. The SMILES string of the molecule is CC(C)(O)C1CCC(NC(=O)c2cnc3cc(Br)ccc3c2)CC1. The van der Waals surface area contributed by atoms with E-state index in [4.69, 9.17) is 0 Å². The van der Waals surface area contributed by atoms with Crippen LogP contribution in [0.3, 0.4) is 0 Å². The summed E-state index contributed by atoms with van der Waals surface area (Å²) < 4.78 is 0.975. The highest BCUT2D eigenvalue weighted by Gasteiger charge is 2.31. The van der Waals surface area contributed by atoms with Crippen molar-refractivity contribution in [2.45, 2.75) is 51.2 Å². The Kier molecular flexibility index (Phi) is 4.92. The largest absolute Gasteiger partial charge is 0.390 e. The molecule has 1 amide bonds. The summed E-state index contributed by atoms with van der Waals surface area (Å²) >= 11 is 3.43. The minimum absolute atomic E-state index is 0.0703. The molecule has 0 aliphatic heterocycles. The molecule has 1 aromatic carbocycles. The molecule has 1 aromatic heterocycles. The lowest BCUT2D eigenvalue weighted by atomic mass is 9.77. The molecule has 0 bridgehead atoms. The maximum atomic E-state index is 12.5. The second kappa shape index (κ2) is 6.81. The summed E-state index contributed by atoms with van der Waals surface area (Å²) in [4.78, 5) is 16.9. The van der Waals surface area contributed by atoms with Crippen LogP contribution in [-0.4, -0.2) is 27.6 Å². The van der Waals surface area contributed by atoms with E-state index in [0.717, 1.165) is 41.1 Å². The number of pyridine rings is 1. The number of aromatic nitrogens is 1. The first kappa shape index (κ1) is 17.4. The lowest BCUT2D eigenvalue weighted by molar-refractivity contribution is -0.00257. The fraction of sp³-hybridized carbons (Fsp3) is 0.474. The van der Waals surface area contributed by atoms with Gasteiger partial charge in [0.25, 0.3) is 5.91 Å². The molecule has 24 heavy (non-hydrogen) atoms. The molecule has 1 aliphatic rings. The Balaban J connectivity index is 1.64. The zero-order valence-electron chi connectivity index (χ0n) is 14.1. The van der Waals surface area contributed by atoms with E-state index in [1.54, 1.807) is 6.20 Å². The molecule has 1 aliphatic carbocycles. The predicted octanol–water partition coefficient (Wildman–Crippen LogP) is 4.06. The summed E-state index contributed by atoms with van der Waals surface area (Å²) in [5.41, 5.74) is 0.826. The third-order valence-corrected chi connectivity index (χ3v) is 5.46. The molecule has 2 N–H and O–H groups in total. The quantitative estimate of drug-likeness (QED) is 0.830. The van der Waals surface area contributed by atoms with Crippen molar-refractivity contribution in [3.63, 3.8) is 0 Å². The van der Waals surface area contributed by atoms with Gasteiger partial charge in [0.2, 0.25) is 0 Å². The average molecular weight is 391 g/mol. The van der Waals surface area contributed by atoms with Gasteiger partial charge in [0.1, 0.15) is 0 Å². The van der Waals surface area contributed by atoms with Gasteiger partial charge >= 0.3 is 0 Å². The first-order valence-corrected chi connectivity index (χ1v) is 9.21. The average Bonchev–Trinajstić information content (AvgIpc) is 2.54. The summed E-state index contributed by atoms with van der Waals surface area (Å²) in [5.74, 6) is 0.241. The van der Waals surface area contributed by atoms with Crippen molar-refractivity contribution in [3.05, 3.63) is 40.5 Å². The van der Waals surface area contributed by atoms with E-state index in [0.29, 0.717) is 11.5 Å². The van der Waals surface area contributed by atoms with Gasteiger partial charge in [-0.15, -0.1) is 0 Å². The number of fused-ring (bicyclic) bond motifs is 1. The Labute approximate surface area is 150 Å². The maximum absolute atomic E-state index is 12.5. The van der Waals surface area contributed by atoms with E-state index in [9.17, 15) is 9.90 Å². The highest BCUT2D eigenvalue weighted by atomic mass is 79.9. The Morgan fingerprint density at radius 1 is 1.25 bits per heavy atom. The highest BCUT2D eigenvalue weighted by molar-refractivity contribution is 9.10. The van der Waals surface area contributed by atoms with Crippen LogP contribution in [0, 0.1) is 5.92 Å². The Morgan fingerprint density at radius 2 is 1.96 bits per heavy atom. The van der Waals surface area contributed by atoms with E-state index in [1.807, 2.05) is 38.1 Å². The van der Waals surface area contributed by atoms with Crippen molar-refractivity contribution in [3.8, 4) is 0 Å². The van der Waals surface area contributed by atoms with E-state index < -0.39 is 5.60 Å². The van der Waals surface area contributed by atoms with Crippen molar-refractivity contribution in [2.24, 2.45) is 5.92 Å². The second-order valence-electron chi connectivity index (χ2n) is 7.24. The van der Waals surface area contributed by atoms with Crippen LogP contribution in [0.1, 0.15) is 49.9 Å². The third kappa shape index (κ3) is 3.95. The molecule has 0 radical (unpaired) electrons. The third-order valence-electron chi connectivity index (χ3n) is 4.97. The van der Waals surface area contributed by atoms with Crippen LogP contribution in [0.5, 0.6) is 0 Å². The van der Waals surface area contributed by atoms with Crippen LogP contribution in [0.2, 0.25) is 0 Å². The molecule has 4 nitrogen and oxygen atoms in total.